The highest BCUT2D eigenvalue weighted by Crippen LogP contribution is 2.20. The summed E-state index contributed by atoms with van der Waals surface area (Å²) in [6, 6.07) is 4.99. The van der Waals surface area contributed by atoms with E-state index in [-0.39, 0.29) is 18.1 Å². The van der Waals surface area contributed by atoms with Crippen molar-refractivity contribution < 1.29 is 14.3 Å². The van der Waals surface area contributed by atoms with Gasteiger partial charge in [-0.25, -0.2) is 4.39 Å². The van der Waals surface area contributed by atoms with Gasteiger partial charge in [0.25, 0.3) is 0 Å². The molecule has 4 nitrogen and oxygen atoms in total. The van der Waals surface area contributed by atoms with E-state index in [1.54, 1.807) is 12.1 Å². The Kier molecular flexibility index (Phi) is 6.02. The molecule has 1 atom stereocenters. The molecule has 6 heteroatoms. The van der Waals surface area contributed by atoms with E-state index in [2.05, 4.69) is 10.2 Å². The summed E-state index contributed by atoms with van der Waals surface area (Å²) in [6.45, 7) is 0.383. The van der Waals surface area contributed by atoms with E-state index in [0.29, 0.717) is 19.1 Å². The van der Waals surface area contributed by atoms with Crippen LogP contribution in [-0.4, -0.2) is 47.1 Å². The Hall–Kier alpha value is -1.11. The van der Waals surface area contributed by atoms with E-state index in [9.17, 15) is 9.18 Å². The molecule has 2 N–H and O–H groups in total. The largest absolute Gasteiger partial charge is 0.392 e. The predicted molar refractivity (Wildman–Crippen MR) is 82.5 cm³/mol. The molecule has 1 unspecified atom stereocenters. The Balaban J connectivity index is 1.80. The summed E-state index contributed by atoms with van der Waals surface area (Å²) >= 11 is 1.92. The summed E-state index contributed by atoms with van der Waals surface area (Å²) in [5.74, 6) is 1.79. The fourth-order valence-corrected chi connectivity index (χ4v) is 3.64. The van der Waals surface area contributed by atoms with Crippen LogP contribution in [0.25, 0.3) is 0 Å². The van der Waals surface area contributed by atoms with Crippen molar-refractivity contribution >= 4 is 17.7 Å². The molecule has 0 aromatic heterocycles. The number of aliphatic hydroxyl groups is 1. The number of nitrogens with one attached hydrogen (secondary N) is 1. The van der Waals surface area contributed by atoms with Gasteiger partial charge in [-0.1, -0.05) is 6.07 Å². The molecule has 0 bridgehead atoms. The van der Waals surface area contributed by atoms with Crippen LogP contribution in [0.15, 0.2) is 18.2 Å². The first-order valence-electron chi connectivity index (χ1n) is 7.03. The quantitative estimate of drug-likeness (QED) is 0.833. The number of hydrogen-bond donors (Lipinski definition) is 2. The molecular weight excluding hydrogens is 291 g/mol. The molecule has 1 aliphatic rings. The monoisotopic (exact) mass is 312 g/mol. The number of likely N-dealkylation sites (N-methyl/N-ethyl adjacent to an activating group) is 1. The lowest BCUT2D eigenvalue weighted by atomic mass is 10.1. The second kappa shape index (κ2) is 7.77. The van der Waals surface area contributed by atoms with Crippen molar-refractivity contribution in [3.63, 3.8) is 0 Å². The lowest BCUT2D eigenvalue weighted by molar-refractivity contribution is -0.122. The second-order valence-corrected chi connectivity index (χ2v) is 6.44. The first-order valence-corrected chi connectivity index (χ1v) is 8.18. The van der Waals surface area contributed by atoms with Crippen LogP contribution >= 0.6 is 11.8 Å². The summed E-state index contributed by atoms with van der Waals surface area (Å²) in [4.78, 5) is 14.0. The van der Waals surface area contributed by atoms with Crippen LogP contribution < -0.4 is 5.32 Å². The Morgan fingerprint density at radius 2 is 2.38 bits per heavy atom. The van der Waals surface area contributed by atoms with E-state index in [1.807, 2.05) is 18.8 Å². The maximum absolute atomic E-state index is 13.3. The van der Waals surface area contributed by atoms with Gasteiger partial charge in [-0.2, -0.15) is 11.8 Å². The summed E-state index contributed by atoms with van der Waals surface area (Å²) in [6.07, 6.45) is 1.13. The fraction of sp³-hybridized carbons (Fsp3) is 0.533. The maximum atomic E-state index is 13.3. The van der Waals surface area contributed by atoms with Crippen molar-refractivity contribution in [3.05, 3.63) is 35.1 Å². The standard InChI is InChI=1S/C15H21FN2O2S/c1-18(13-4-5-21-10-13)8-15(20)17-7-11-2-3-14(16)12(6-11)9-19/h2-3,6,13,19H,4-5,7-10H2,1H3,(H,17,20). The number of rotatable bonds is 6. The van der Waals surface area contributed by atoms with E-state index < -0.39 is 5.82 Å². The van der Waals surface area contributed by atoms with Crippen LogP contribution in [0.5, 0.6) is 0 Å². The number of carbonyl (C=O) groups excluding carboxylic acids is 1. The highest BCUT2D eigenvalue weighted by atomic mass is 32.2. The Labute approximate surface area is 128 Å². The first kappa shape index (κ1) is 16.3. The minimum atomic E-state index is -0.425. The normalized spacial score (nSPS) is 18.2. The molecule has 1 heterocycles. The first-order chi connectivity index (χ1) is 10.1. The van der Waals surface area contributed by atoms with Gasteiger partial charge in [-0.05, 0) is 36.9 Å². The summed E-state index contributed by atoms with van der Waals surface area (Å²) < 4.78 is 13.3. The van der Waals surface area contributed by atoms with Gasteiger partial charge < -0.3 is 10.4 Å². The number of nitrogens with zero attached hydrogens (tertiary/aromatic N) is 1. The molecule has 0 radical (unpaired) electrons. The third kappa shape index (κ3) is 4.69. The van der Waals surface area contributed by atoms with Gasteiger partial charge in [-0.3, -0.25) is 9.69 Å². The Morgan fingerprint density at radius 1 is 1.57 bits per heavy atom. The molecule has 21 heavy (non-hydrogen) atoms. The minimum absolute atomic E-state index is 0.0377. The van der Waals surface area contributed by atoms with Crippen LogP contribution in [0.4, 0.5) is 4.39 Å². The van der Waals surface area contributed by atoms with Gasteiger partial charge in [0.05, 0.1) is 13.2 Å². The van der Waals surface area contributed by atoms with E-state index in [4.69, 9.17) is 5.11 Å². The van der Waals surface area contributed by atoms with E-state index >= 15 is 0 Å². The van der Waals surface area contributed by atoms with Crippen molar-refractivity contribution in [1.82, 2.24) is 10.2 Å². The zero-order chi connectivity index (χ0) is 15.2. The van der Waals surface area contributed by atoms with Gasteiger partial charge in [0.2, 0.25) is 5.91 Å². The highest BCUT2D eigenvalue weighted by Gasteiger charge is 2.21. The van der Waals surface area contributed by atoms with Crippen molar-refractivity contribution in [2.75, 3.05) is 25.1 Å². The van der Waals surface area contributed by atoms with Crippen LogP contribution in [0.1, 0.15) is 17.5 Å². The molecule has 0 saturated carbocycles. The second-order valence-electron chi connectivity index (χ2n) is 5.29. The molecule has 116 valence electrons. The minimum Gasteiger partial charge on any atom is -0.392 e. The van der Waals surface area contributed by atoms with Crippen LogP contribution in [0, 0.1) is 5.82 Å². The van der Waals surface area contributed by atoms with Crippen LogP contribution in [0.2, 0.25) is 0 Å². The molecule has 1 saturated heterocycles. The molecule has 1 aromatic rings. The molecule has 1 fully saturated rings. The number of hydrogen-bond acceptors (Lipinski definition) is 4. The zero-order valence-corrected chi connectivity index (χ0v) is 13.0. The number of benzene rings is 1. The van der Waals surface area contributed by atoms with Gasteiger partial charge >= 0.3 is 0 Å². The third-order valence-corrected chi connectivity index (χ3v) is 4.84. The van der Waals surface area contributed by atoms with Gasteiger partial charge in [-0.15, -0.1) is 0 Å². The van der Waals surface area contributed by atoms with Crippen molar-refractivity contribution in [2.24, 2.45) is 0 Å². The van der Waals surface area contributed by atoms with Crippen LogP contribution in [-0.2, 0) is 17.9 Å². The van der Waals surface area contributed by atoms with Gasteiger partial charge in [0.1, 0.15) is 5.82 Å². The molecule has 0 spiro atoms. The molecule has 1 aliphatic heterocycles. The average Bonchev–Trinajstić information content (AvgIpc) is 3.00. The third-order valence-electron chi connectivity index (χ3n) is 3.69. The number of amides is 1. The molecular formula is C15H21FN2O2S. The van der Waals surface area contributed by atoms with Crippen molar-refractivity contribution in [1.29, 1.82) is 0 Å². The SMILES string of the molecule is CN(CC(=O)NCc1ccc(F)c(CO)c1)C1CCSC1. The smallest absolute Gasteiger partial charge is 0.234 e. The Morgan fingerprint density at radius 3 is 3.05 bits per heavy atom. The average molecular weight is 312 g/mol. The highest BCUT2D eigenvalue weighted by molar-refractivity contribution is 7.99. The van der Waals surface area contributed by atoms with E-state index in [0.717, 1.165) is 23.5 Å². The van der Waals surface area contributed by atoms with Crippen LogP contribution in [0.3, 0.4) is 0 Å². The maximum Gasteiger partial charge on any atom is 0.234 e. The molecule has 0 aliphatic carbocycles. The summed E-state index contributed by atoms with van der Waals surface area (Å²) in [5.41, 5.74) is 1.04. The summed E-state index contributed by atoms with van der Waals surface area (Å²) in [7, 11) is 1.97. The molecule has 2 rings (SSSR count). The van der Waals surface area contributed by atoms with E-state index in [1.165, 1.54) is 6.07 Å². The zero-order valence-electron chi connectivity index (χ0n) is 12.1. The number of aliphatic hydroxyl groups excluding tert-OH is 1. The topological polar surface area (TPSA) is 52.6 Å². The predicted octanol–water partition coefficient (Wildman–Crippen LogP) is 1.37. The molecule has 1 aromatic carbocycles. The summed E-state index contributed by atoms with van der Waals surface area (Å²) in [5, 5.41) is 11.9. The van der Waals surface area contributed by atoms with Crippen molar-refractivity contribution in [3.8, 4) is 0 Å². The Bertz CT molecular complexity index is 493. The van der Waals surface area contributed by atoms with Gasteiger partial charge in [0, 0.05) is 23.9 Å². The fourth-order valence-electron chi connectivity index (χ4n) is 2.34. The van der Waals surface area contributed by atoms with Gasteiger partial charge in [0.15, 0.2) is 0 Å². The number of halogens is 1. The molecule has 1 amide bonds. The number of carbonyl (C=O) groups is 1. The number of thioether (sulfide) groups is 1. The van der Waals surface area contributed by atoms with Crippen molar-refractivity contribution in [2.45, 2.75) is 25.6 Å². The lowest BCUT2D eigenvalue weighted by Gasteiger charge is -2.22. The lowest BCUT2D eigenvalue weighted by Crippen LogP contribution is -2.40.